The molecule has 0 radical (unpaired) electrons. The number of nitrogens with zero attached hydrogens (tertiary/aromatic N) is 1. The minimum Gasteiger partial charge on any atom is -0.493 e. The van der Waals surface area contributed by atoms with Crippen LogP contribution >= 0.6 is 11.3 Å². The summed E-state index contributed by atoms with van der Waals surface area (Å²) in [5, 5.41) is 7.32. The minimum atomic E-state index is -0.446. The van der Waals surface area contributed by atoms with E-state index < -0.39 is 11.8 Å². The lowest BCUT2D eigenvalue weighted by Crippen LogP contribution is -2.30. The minimum absolute atomic E-state index is 0.115. The van der Waals surface area contributed by atoms with Crippen molar-refractivity contribution in [2.24, 2.45) is 0 Å². The van der Waals surface area contributed by atoms with Gasteiger partial charge in [-0.3, -0.25) is 14.6 Å². The summed E-state index contributed by atoms with van der Waals surface area (Å²) in [4.78, 5) is 30.3. The Morgan fingerprint density at radius 3 is 2.45 bits per heavy atom. The number of ether oxygens (including phenoxy) is 2. The van der Waals surface area contributed by atoms with Crippen molar-refractivity contribution in [2.45, 2.75) is 0 Å². The van der Waals surface area contributed by atoms with Gasteiger partial charge >= 0.3 is 0 Å². The van der Waals surface area contributed by atoms with Crippen molar-refractivity contribution in [3.05, 3.63) is 76.4 Å². The Labute approximate surface area is 172 Å². The van der Waals surface area contributed by atoms with Gasteiger partial charge in [-0.25, -0.2) is 0 Å². The zero-order valence-electron chi connectivity index (χ0n) is 15.8. The first-order valence-corrected chi connectivity index (χ1v) is 9.48. The topological polar surface area (TPSA) is 89.5 Å². The largest absolute Gasteiger partial charge is 0.493 e. The number of benzene rings is 1. The Balaban J connectivity index is 1.85. The van der Waals surface area contributed by atoms with E-state index in [1.807, 2.05) is 17.5 Å². The number of methoxy groups -OCH3 is 2. The van der Waals surface area contributed by atoms with E-state index in [4.69, 9.17) is 9.47 Å². The number of anilines is 1. The number of rotatable bonds is 7. The maximum absolute atomic E-state index is 12.8. The van der Waals surface area contributed by atoms with Crippen LogP contribution in [0.15, 0.2) is 65.9 Å². The average Bonchev–Trinajstić information content (AvgIpc) is 3.26. The number of hydrogen-bond donors (Lipinski definition) is 2. The molecule has 0 spiro atoms. The van der Waals surface area contributed by atoms with E-state index >= 15 is 0 Å². The number of pyridine rings is 1. The Hall–Kier alpha value is -3.65. The average molecular weight is 409 g/mol. The fraction of sp³-hybridized carbons (Fsp3) is 0.0952. The number of aromatic nitrogens is 1. The Kier molecular flexibility index (Phi) is 6.59. The molecule has 0 aliphatic rings. The highest BCUT2D eigenvalue weighted by molar-refractivity contribution is 7.10. The molecule has 2 N–H and O–H groups in total. The molecular weight excluding hydrogens is 390 g/mol. The smallest absolute Gasteiger partial charge is 0.272 e. The van der Waals surface area contributed by atoms with Crippen LogP contribution in [0.2, 0.25) is 0 Å². The number of hydrogen-bond acceptors (Lipinski definition) is 6. The van der Waals surface area contributed by atoms with Crippen molar-refractivity contribution < 1.29 is 19.1 Å². The molecule has 0 aliphatic carbocycles. The number of carbonyl (C=O) groups is 2. The summed E-state index contributed by atoms with van der Waals surface area (Å²) in [6, 6.07) is 11.8. The summed E-state index contributed by atoms with van der Waals surface area (Å²) in [6.07, 6.45) is 4.76. The molecule has 8 heteroatoms. The summed E-state index contributed by atoms with van der Waals surface area (Å²) in [7, 11) is 3.01. The van der Waals surface area contributed by atoms with Crippen LogP contribution in [-0.4, -0.2) is 31.0 Å². The van der Waals surface area contributed by atoms with Gasteiger partial charge in [-0.15, -0.1) is 11.3 Å². The molecule has 0 fully saturated rings. The summed E-state index contributed by atoms with van der Waals surface area (Å²) < 4.78 is 10.4. The van der Waals surface area contributed by atoms with E-state index in [0.29, 0.717) is 22.7 Å². The number of nitrogens with one attached hydrogen (secondary N) is 2. The van der Waals surface area contributed by atoms with Crippen LogP contribution in [-0.2, 0) is 4.79 Å². The molecule has 29 heavy (non-hydrogen) atoms. The summed E-state index contributed by atoms with van der Waals surface area (Å²) >= 11 is 1.45. The van der Waals surface area contributed by atoms with Gasteiger partial charge in [0.05, 0.1) is 14.2 Å². The highest BCUT2D eigenvalue weighted by Crippen LogP contribution is 2.27. The lowest BCUT2D eigenvalue weighted by molar-refractivity contribution is -0.113. The lowest BCUT2D eigenvalue weighted by atomic mass is 10.1. The van der Waals surface area contributed by atoms with Gasteiger partial charge < -0.3 is 20.1 Å². The van der Waals surface area contributed by atoms with Crippen LogP contribution in [0.25, 0.3) is 6.08 Å². The molecule has 3 rings (SSSR count). The quantitative estimate of drug-likeness (QED) is 0.583. The number of thiophene rings is 1. The van der Waals surface area contributed by atoms with Crippen molar-refractivity contribution in [2.75, 3.05) is 19.5 Å². The van der Waals surface area contributed by atoms with Crippen molar-refractivity contribution in [3.8, 4) is 11.5 Å². The molecule has 1 aromatic carbocycles. The molecule has 2 heterocycles. The second-order valence-electron chi connectivity index (χ2n) is 5.79. The normalized spacial score (nSPS) is 10.9. The van der Waals surface area contributed by atoms with Crippen molar-refractivity contribution >= 4 is 34.9 Å². The third-order valence-corrected chi connectivity index (χ3v) is 4.73. The van der Waals surface area contributed by atoms with Crippen LogP contribution in [0.1, 0.15) is 15.2 Å². The van der Waals surface area contributed by atoms with E-state index in [2.05, 4.69) is 15.6 Å². The molecular formula is C21H19N3O4S. The van der Waals surface area contributed by atoms with Crippen molar-refractivity contribution in [3.63, 3.8) is 0 Å². The van der Waals surface area contributed by atoms with Crippen molar-refractivity contribution in [1.82, 2.24) is 10.3 Å². The first-order valence-electron chi connectivity index (χ1n) is 8.60. The van der Waals surface area contributed by atoms with Gasteiger partial charge in [-0.1, -0.05) is 6.07 Å². The molecule has 0 bridgehead atoms. The maximum atomic E-state index is 12.8. The van der Waals surface area contributed by atoms with E-state index in [-0.39, 0.29) is 5.70 Å². The molecule has 7 nitrogen and oxygen atoms in total. The first-order chi connectivity index (χ1) is 14.1. The van der Waals surface area contributed by atoms with Gasteiger partial charge in [0, 0.05) is 28.5 Å². The van der Waals surface area contributed by atoms with Crippen LogP contribution in [0.3, 0.4) is 0 Å². The van der Waals surface area contributed by atoms with Crippen LogP contribution in [0.5, 0.6) is 11.5 Å². The second kappa shape index (κ2) is 9.52. The fourth-order valence-corrected chi connectivity index (χ4v) is 3.14. The van der Waals surface area contributed by atoms with Gasteiger partial charge in [-0.2, -0.15) is 0 Å². The maximum Gasteiger partial charge on any atom is 0.272 e. The molecule has 3 aromatic rings. The molecule has 0 unspecified atom stereocenters. The van der Waals surface area contributed by atoms with Crippen molar-refractivity contribution in [1.29, 1.82) is 0 Å². The summed E-state index contributed by atoms with van der Waals surface area (Å²) in [5.74, 6) is 0.0380. The van der Waals surface area contributed by atoms with E-state index in [0.717, 1.165) is 4.88 Å². The standard InChI is InChI=1S/C21H19N3O4S/c1-27-18-6-5-14(12-19(18)28-2)20(25)24-17(13-16-4-3-11-29-16)21(26)23-15-7-9-22-10-8-15/h3-13H,1-2H3,(H,24,25)(H,22,23,26). The SMILES string of the molecule is COc1ccc(C(=O)NC(=Cc2cccs2)C(=O)Nc2ccncc2)cc1OC. The molecule has 0 atom stereocenters. The Bertz CT molecular complexity index is 1020. The third kappa shape index (κ3) is 5.20. The summed E-state index contributed by atoms with van der Waals surface area (Å²) in [6.45, 7) is 0. The van der Waals surface area contributed by atoms with E-state index in [1.165, 1.54) is 25.6 Å². The molecule has 148 valence electrons. The molecule has 0 aliphatic heterocycles. The van der Waals surface area contributed by atoms with Gasteiger partial charge in [0.15, 0.2) is 11.5 Å². The van der Waals surface area contributed by atoms with Gasteiger partial charge in [-0.05, 0) is 47.9 Å². The van der Waals surface area contributed by atoms with Crippen LogP contribution in [0, 0.1) is 0 Å². The zero-order chi connectivity index (χ0) is 20.6. The predicted molar refractivity (Wildman–Crippen MR) is 112 cm³/mol. The van der Waals surface area contributed by atoms with Crippen LogP contribution in [0.4, 0.5) is 5.69 Å². The highest BCUT2D eigenvalue weighted by Gasteiger charge is 2.17. The van der Waals surface area contributed by atoms with Gasteiger partial charge in [0.2, 0.25) is 0 Å². The second-order valence-corrected chi connectivity index (χ2v) is 6.77. The monoisotopic (exact) mass is 409 g/mol. The number of amides is 2. The van der Waals surface area contributed by atoms with E-state index in [1.54, 1.807) is 48.8 Å². The summed E-state index contributed by atoms with van der Waals surface area (Å²) in [5.41, 5.74) is 1.02. The first kappa shape index (κ1) is 20.1. The lowest BCUT2D eigenvalue weighted by Gasteiger charge is -2.12. The van der Waals surface area contributed by atoms with Gasteiger partial charge in [0.1, 0.15) is 5.70 Å². The zero-order valence-corrected chi connectivity index (χ0v) is 16.7. The molecule has 2 aromatic heterocycles. The van der Waals surface area contributed by atoms with Crippen LogP contribution < -0.4 is 20.1 Å². The third-order valence-electron chi connectivity index (χ3n) is 3.91. The molecule has 0 saturated carbocycles. The number of carbonyl (C=O) groups excluding carboxylic acids is 2. The fourth-order valence-electron chi connectivity index (χ4n) is 2.48. The Morgan fingerprint density at radius 2 is 1.79 bits per heavy atom. The predicted octanol–water partition coefficient (Wildman–Crippen LogP) is 3.57. The highest BCUT2D eigenvalue weighted by atomic mass is 32.1. The molecule has 0 saturated heterocycles. The Morgan fingerprint density at radius 1 is 1.03 bits per heavy atom. The molecule has 2 amide bonds. The van der Waals surface area contributed by atoms with Gasteiger partial charge in [0.25, 0.3) is 11.8 Å². The van der Waals surface area contributed by atoms with E-state index in [9.17, 15) is 9.59 Å².